The van der Waals surface area contributed by atoms with Crippen molar-refractivity contribution in [1.82, 2.24) is 9.88 Å². The number of aromatic amines is 1. The second-order valence-electron chi connectivity index (χ2n) is 7.63. The van der Waals surface area contributed by atoms with Crippen LogP contribution < -0.4 is 0 Å². The maximum absolute atomic E-state index is 13.3. The number of hydrogen-bond acceptors (Lipinski definition) is 4. The van der Waals surface area contributed by atoms with Crippen molar-refractivity contribution >= 4 is 17.7 Å². The monoisotopic (exact) mass is 396 g/mol. The fourth-order valence-corrected chi connectivity index (χ4v) is 4.19. The molecule has 1 N–H and O–H groups in total. The number of nitrogens with zero attached hydrogens (tertiary/aromatic N) is 1. The number of benzene rings is 1. The topological polar surface area (TPSA) is 79.5 Å². The van der Waals surface area contributed by atoms with E-state index in [1.165, 1.54) is 0 Å². The first-order valence-electron chi connectivity index (χ1n) is 10.2. The number of aromatic nitrogens is 1. The third kappa shape index (κ3) is 3.97. The molecule has 29 heavy (non-hydrogen) atoms. The van der Waals surface area contributed by atoms with Gasteiger partial charge in [0.1, 0.15) is 5.69 Å². The van der Waals surface area contributed by atoms with Crippen LogP contribution in [0, 0.1) is 6.92 Å². The summed E-state index contributed by atoms with van der Waals surface area (Å²) >= 11 is 0. The van der Waals surface area contributed by atoms with Crippen molar-refractivity contribution in [2.24, 2.45) is 0 Å². The second kappa shape index (κ2) is 8.64. The maximum Gasteiger partial charge on any atom is 0.340 e. The lowest BCUT2D eigenvalue weighted by atomic mass is 9.95. The van der Waals surface area contributed by atoms with Gasteiger partial charge in [-0.2, -0.15) is 0 Å². The Kier molecular flexibility index (Phi) is 6.20. The van der Waals surface area contributed by atoms with Crippen LogP contribution in [0.2, 0.25) is 0 Å². The molecule has 2 atom stereocenters. The van der Waals surface area contributed by atoms with Crippen molar-refractivity contribution in [1.29, 1.82) is 0 Å². The van der Waals surface area contributed by atoms with Crippen molar-refractivity contribution in [3.8, 4) is 11.1 Å². The van der Waals surface area contributed by atoms with E-state index in [9.17, 15) is 14.4 Å². The van der Waals surface area contributed by atoms with Gasteiger partial charge in [0.25, 0.3) is 11.7 Å². The molecule has 1 aliphatic rings. The molecular weight excluding hydrogens is 368 g/mol. The lowest BCUT2D eigenvalue weighted by Crippen LogP contribution is -2.50. The van der Waals surface area contributed by atoms with Gasteiger partial charge in [-0.15, -0.1) is 0 Å². The van der Waals surface area contributed by atoms with Gasteiger partial charge in [-0.1, -0.05) is 30.3 Å². The number of rotatable bonds is 5. The molecule has 1 fully saturated rings. The number of aryl methyl sites for hydroxylation is 1. The smallest absolute Gasteiger partial charge is 0.340 e. The van der Waals surface area contributed by atoms with E-state index in [1.54, 1.807) is 18.7 Å². The van der Waals surface area contributed by atoms with Gasteiger partial charge in [0, 0.05) is 23.3 Å². The number of nitrogens with one attached hydrogen (secondary N) is 1. The SMILES string of the molecule is CCOC(=O)c1c(C)[nH]c(C(=O)C(=O)N2[C@@H](C)CCC[C@@H]2C)c1-c1ccccc1. The highest BCUT2D eigenvalue weighted by atomic mass is 16.5. The average molecular weight is 396 g/mol. The highest BCUT2D eigenvalue weighted by Gasteiger charge is 2.36. The summed E-state index contributed by atoms with van der Waals surface area (Å²) in [5.74, 6) is -1.66. The molecule has 2 heterocycles. The van der Waals surface area contributed by atoms with Gasteiger partial charge in [0.15, 0.2) is 0 Å². The molecular formula is C23H28N2O4. The Bertz CT molecular complexity index is 906. The fourth-order valence-electron chi connectivity index (χ4n) is 4.19. The molecule has 1 aromatic carbocycles. The van der Waals surface area contributed by atoms with Crippen LogP contribution in [0.25, 0.3) is 11.1 Å². The van der Waals surface area contributed by atoms with E-state index in [2.05, 4.69) is 4.98 Å². The molecule has 6 heteroatoms. The van der Waals surface area contributed by atoms with Gasteiger partial charge in [-0.05, 0) is 52.5 Å². The highest BCUT2D eigenvalue weighted by Crippen LogP contribution is 2.32. The molecule has 154 valence electrons. The quantitative estimate of drug-likeness (QED) is 0.468. The number of Topliss-reactive ketones (excluding diaryl/α,β-unsaturated/α-hetero) is 1. The van der Waals surface area contributed by atoms with Gasteiger partial charge < -0.3 is 14.6 Å². The summed E-state index contributed by atoms with van der Waals surface area (Å²) in [4.78, 5) is 43.8. The lowest BCUT2D eigenvalue weighted by molar-refractivity contribution is -0.132. The number of H-pyrrole nitrogens is 1. The molecule has 0 aliphatic carbocycles. The van der Waals surface area contributed by atoms with Crippen molar-refractivity contribution in [3.63, 3.8) is 0 Å². The van der Waals surface area contributed by atoms with Gasteiger partial charge >= 0.3 is 5.97 Å². The summed E-state index contributed by atoms with van der Waals surface area (Å²) < 4.78 is 5.21. The normalized spacial score (nSPS) is 19.1. The summed E-state index contributed by atoms with van der Waals surface area (Å²) in [6, 6.07) is 9.18. The molecule has 1 amide bonds. The third-order valence-electron chi connectivity index (χ3n) is 5.58. The number of esters is 1. The summed E-state index contributed by atoms with van der Waals surface area (Å²) in [5, 5.41) is 0. The van der Waals surface area contributed by atoms with Crippen LogP contribution in [-0.2, 0) is 9.53 Å². The molecule has 6 nitrogen and oxygen atoms in total. The predicted octanol–water partition coefficient (Wildman–Crippen LogP) is 4.14. The number of carbonyl (C=O) groups is 3. The number of ether oxygens (including phenoxy) is 1. The molecule has 0 bridgehead atoms. The van der Waals surface area contributed by atoms with Crippen molar-refractivity contribution < 1.29 is 19.1 Å². The van der Waals surface area contributed by atoms with Gasteiger partial charge in [0.05, 0.1) is 12.2 Å². The van der Waals surface area contributed by atoms with E-state index in [0.29, 0.717) is 22.4 Å². The van der Waals surface area contributed by atoms with Crippen LogP contribution in [0.1, 0.15) is 66.6 Å². The van der Waals surface area contributed by atoms with E-state index in [1.807, 2.05) is 44.2 Å². The van der Waals surface area contributed by atoms with E-state index < -0.39 is 17.7 Å². The zero-order valence-electron chi connectivity index (χ0n) is 17.5. The maximum atomic E-state index is 13.3. The predicted molar refractivity (Wildman–Crippen MR) is 111 cm³/mol. The highest BCUT2D eigenvalue weighted by molar-refractivity contribution is 6.44. The zero-order valence-corrected chi connectivity index (χ0v) is 17.5. The molecule has 3 rings (SSSR count). The van der Waals surface area contributed by atoms with E-state index in [-0.39, 0.29) is 24.4 Å². The first kappa shape index (κ1) is 20.8. The van der Waals surface area contributed by atoms with Crippen molar-refractivity contribution in [2.45, 2.75) is 59.0 Å². The van der Waals surface area contributed by atoms with Crippen LogP contribution >= 0.6 is 0 Å². The summed E-state index contributed by atoms with van der Waals surface area (Å²) in [7, 11) is 0. The Morgan fingerprint density at radius 3 is 2.31 bits per heavy atom. The van der Waals surface area contributed by atoms with Gasteiger partial charge in [-0.3, -0.25) is 9.59 Å². The molecule has 0 spiro atoms. The van der Waals surface area contributed by atoms with Crippen LogP contribution in [0.15, 0.2) is 30.3 Å². The largest absolute Gasteiger partial charge is 0.462 e. The van der Waals surface area contributed by atoms with Gasteiger partial charge in [0.2, 0.25) is 0 Å². The fraction of sp³-hybridized carbons (Fsp3) is 0.435. The molecule has 1 saturated heterocycles. The average Bonchev–Trinajstić information content (AvgIpc) is 3.05. The zero-order chi connectivity index (χ0) is 21.1. The molecule has 0 saturated carbocycles. The van der Waals surface area contributed by atoms with Crippen LogP contribution in [0.3, 0.4) is 0 Å². The molecule has 0 radical (unpaired) electrons. The Morgan fingerprint density at radius 2 is 1.72 bits per heavy atom. The van der Waals surface area contributed by atoms with E-state index in [0.717, 1.165) is 19.3 Å². The standard InChI is InChI=1S/C23H28N2O4/c1-5-29-23(28)18-16(4)24-20(19(18)17-12-7-6-8-13-17)21(26)22(27)25-14(2)10-9-11-15(25)3/h6-8,12-15,24H,5,9-11H2,1-4H3/t14-,15-/m0/s1. The Balaban J connectivity index is 2.09. The van der Waals surface area contributed by atoms with E-state index >= 15 is 0 Å². The molecule has 1 aliphatic heterocycles. The minimum atomic E-state index is -0.622. The minimum Gasteiger partial charge on any atom is -0.462 e. The number of piperidine rings is 1. The summed E-state index contributed by atoms with van der Waals surface area (Å²) in [6.07, 6.45) is 2.81. The number of ketones is 1. The second-order valence-corrected chi connectivity index (χ2v) is 7.63. The lowest BCUT2D eigenvalue weighted by Gasteiger charge is -2.38. The number of amides is 1. The number of carbonyl (C=O) groups excluding carboxylic acids is 3. The van der Waals surface area contributed by atoms with Crippen LogP contribution in [0.5, 0.6) is 0 Å². The van der Waals surface area contributed by atoms with Crippen LogP contribution in [-0.4, -0.2) is 46.2 Å². The Labute approximate surface area is 171 Å². The minimum absolute atomic E-state index is 0.0101. The molecule has 0 unspecified atom stereocenters. The third-order valence-corrected chi connectivity index (χ3v) is 5.58. The van der Waals surface area contributed by atoms with Gasteiger partial charge in [-0.25, -0.2) is 4.79 Å². The summed E-state index contributed by atoms with van der Waals surface area (Å²) in [5.41, 5.74) is 2.08. The molecule has 2 aromatic rings. The first-order valence-corrected chi connectivity index (χ1v) is 10.2. The van der Waals surface area contributed by atoms with Crippen molar-refractivity contribution in [3.05, 3.63) is 47.3 Å². The van der Waals surface area contributed by atoms with Crippen LogP contribution in [0.4, 0.5) is 0 Å². The number of hydrogen-bond donors (Lipinski definition) is 1. The first-order chi connectivity index (χ1) is 13.9. The summed E-state index contributed by atoms with van der Waals surface area (Å²) in [6.45, 7) is 7.62. The number of likely N-dealkylation sites (tertiary alicyclic amines) is 1. The van der Waals surface area contributed by atoms with Crippen molar-refractivity contribution in [2.75, 3.05) is 6.61 Å². The Morgan fingerprint density at radius 1 is 1.10 bits per heavy atom. The van der Waals surface area contributed by atoms with E-state index in [4.69, 9.17) is 4.74 Å². The Hall–Kier alpha value is -2.89. The molecule has 1 aromatic heterocycles.